The molecule has 0 aliphatic rings. The number of rotatable bonds is 5. The molecular weight excluding hydrogens is 252 g/mol. The van der Waals surface area contributed by atoms with E-state index in [9.17, 15) is 0 Å². The van der Waals surface area contributed by atoms with E-state index >= 15 is 0 Å². The molecule has 2 unspecified atom stereocenters. The minimum atomic E-state index is -0.373. The summed E-state index contributed by atoms with van der Waals surface area (Å²) in [6.45, 7) is 0. The lowest BCUT2D eigenvalue weighted by molar-refractivity contribution is 0.391. The zero-order chi connectivity index (χ0) is 14.5. The van der Waals surface area contributed by atoms with Gasteiger partial charge in [0, 0.05) is 11.1 Å². The average Bonchev–Trinajstić information content (AvgIpc) is 2.53. The zero-order valence-corrected chi connectivity index (χ0v) is 11.7. The molecule has 0 saturated carbocycles. The molecule has 106 valence electrons. The van der Waals surface area contributed by atoms with E-state index in [1.165, 1.54) is 0 Å². The van der Waals surface area contributed by atoms with Crippen molar-refractivity contribution in [1.29, 1.82) is 0 Å². The van der Waals surface area contributed by atoms with Crippen LogP contribution in [0.3, 0.4) is 0 Å². The smallest absolute Gasteiger partial charge is 0.123 e. The van der Waals surface area contributed by atoms with Crippen LogP contribution in [0.5, 0.6) is 11.5 Å². The largest absolute Gasteiger partial charge is 0.496 e. The maximum absolute atomic E-state index is 6.31. The Hall–Kier alpha value is -2.04. The summed E-state index contributed by atoms with van der Waals surface area (Å²) in [5, 5.41) is 0. The van der Waals surface area contributed by atoms with Gasteiger partial charge in [0.2, 0.25) is 0 Å². The van der Waals surface area contributed by atoms with Crippen molar-refractivity contribution in [3.63, 3.8) is 0 Å². The molecule has 0 aliphatic carbocycles. The van der Waals surface area contributed by atoms with Gasteiger partial charge in [-0.25, -0.2) is 0 Å². The number of ether oxygens (including phenoxy) is 2. The van der Waals surface area contributed by atoms with Gasteiger partial charge in [-0.05, 0) is 12.1 Å². The van der Waals surface area contributed by atoms with E-state index in [-0.39, 0.29) is 12.1 Å². The molecule has 4 N–H and O–H groups in total. The number of benzene rings is 2. The molecule has 2 atom stereocenters. The zero-order valence-electron chi connectivity index (χ0n) is 11.7. The summed E-state index contributed by atoms with van der Waals surface area (Å²) >= 11 is 0. The third-order valence-electron chi connectivity index (χ3n) is 3.38. The van der Waals surface area contributed by atoms with Crippen LogP contribution in [0.15, 0.2) is 48.5 Å². The van der Waals surface area contributed by atoms with Gasteiger partial charge in [0.15, 0.2) is 0 Å². The summed E-state index contributed by atoms with van der Waals surface area (Å²) in [6, 6.07) is 14.5. The molecule has 2 rings (SSSR count). The molecule has 4 heteroatoms. The summed E-state index contributed by atoms with van der Waals surface area (Å²) in [4.78, 5) is 0. The Morgan fingerprint density at radius 3 is 1.40 bits per heavy atom. The quantitative estimate of drug-likeness (QED) is 0.877. The predicted molar refractivity (Wildman–Crippen MR) is 79.8 cm³/mol. The van der Waals surface area contributed by atoms with Gasteiger partial charge < -0.3 is 20.9 Å². The summed E-state index contributed by atoms with van der Waals surface area (Å²) in [5.41, 5.74) is 14.4. The van der Waals surface area contributed by atoms with E-state index in [0.29, 0.717) is 0 Å². The first-order valence-corrected chi connectivity index (χ1v) is 6.46. The Morgan fingerprint density at radius 2 is 1.05 bits per heavy atom. The van der Waals surface area contributed by atoms with Crippen LogP contribution in [0, 0.1) is 0 Å². The van der Waals surface area contributed by atoms with Gasteiger partial charge >= 0.3 is 0 Å². The fourth-order valence-corrected chi connectivity index (χ4v) is 2.27. The molecule has 4 nitrogen and oxygen atoms in total. The normalized spacial score (nSPS) is 13.6. The van der Waals surface area contributed by atoms with Crippen molar-refractivity contribution in [2.75, 3.05) is 14.2 Å². The van der Waals surface area contributed by atoms with E-state index in [0.717, 1.165) is 22.6 Å². The molecule has 0 aromatic heterocycles. The van der Waals surface area contributed by atoms with Crippen molar-refractivity contribution in [3.05, 3.63) is 59.7 Å². The van der Waals surface area contributed by atoms with Crippen LogP contribution in [-0.4, -0.2) is 14.2 Å². The molecule has 0 bridgehead atoms. The summed E-state index contributed by atoms with van der Waals surface area (Å²) in [6.07, 6.45) is 0. The molecule has 20 heavy (non-hydrogen) atoms. The standard InChI is InChI=1S/C16H20N2O2/c1-19-13-9-5-3-7-11(13)15(17)16(18)12-8-4-6-10-14(12)20-2/h3-10,15-16H,17-18H2,1-2H3. The summed E-state index contributed by atoms with van der Waals surface area (Å²) in [5.74, 6) is 1.48. The summed E-state index contributed by atoms with van der Waals surface area (Å²) < 4.78 is 10.7. The second kappa shape index (κ2) is 6.41. The number of para-hydroxylation sites is 2. The van der Waals surface area contributed by atoms with Gasteiger partial charge in [0.25, 0.3) is 0 Å². The van der Waals surface area contributed by atoms with Crippen LogP contribution in [0.4, 0.5) is 0 Å². The monoisotopic (exact) mass is 272 g/mol. The fraction of sp³-hybridized carbons (Fsp3) is 0.250. The molecule has 2 aromatic rings. The first-order valence-electron chi connectivity index (χ1n) is 6.46. The third-order valence-corrected chi connectivity index (χ3v) is 3.38. The van der Waals surface area contributed by atoms with Crippen molar-refractivity contribution in [2.45, 2.75) is 12.1 Å². The van der Waals surface area contributed by atoms with Crippen LogP contribution in [-0.2, 0) is 0 Å². The van der Waals surface area contributed by atoms with Crippen molar-refractivity contribution < 1.29 is 9.47 Å². The Balaban J connectivity index is 2.35. The topological polar surface area (TPSA) is 70.5 Å². The lowest BCUT2D eigenvalue weighted by Gasteiger charge is -2.23. The molecule has 0 heterocycles. The van der Waals surface area contributed by atoms with E-state index in [2.05, 4.69) is 0 Å². The second-order valence-corrected chi connectivity index (χ2v) is 4.54. The van der Waals surface area contributed by atoms with Gasteiger partial charge in [-0.3, -0.25) is 0 Å². The van der Waals surface area contributed by atoms with Crippen LogP contribution < -0.4 is 20.9 Å². The molecule has 0 amide bonds. The number of methoxy groups -OCH3 is 2. The predicted octanol–water partition coefficient (Wildman–Crippen LogP) is 2.40. The highest BCUT2D eigenvalue weighted by Gasteiger charge is 2.22. The van der Waals surface area contributed by atoms with Crippen LogP contribution in [0.1, 0.15) is 23.2 Å². The van der Waals surface area contributed by atoms with E-state index in [4.69, 9.17) is 20.9 Å². The van der Waals surface area contributed by atoms with Crippen molar-refractivity contribution >= 4 is 0 Å². The Bertz CT molecular complexity index is 520. The molecule has 0 radical (unpaired) electrons. The van der Waals surface area contributed by atoms with E-state index in [1.807, 2.05) is 48.5 Å². The minimum Gasteiger partial charge on any atom is -0.496 e. The first-order chi connectivity index (χ1) is 9.69. The van der Waals surface area contributed by atoms with E-state index in [1.54, 1.807) is 14.2 Å². The lowest BCUT2D eigenvalue weighted by atomic mass is 9.93. The van der Waals surface area contributed by atoms with Crippen LogP contribution >= 0.6 is 0 Å². The third kappa shape index (κ3) is 2.76. The lowest BCUT2D eigenvalue weighted by Crippen LogP contribution is -2.27. The van der Waals surface area contributed by atoms with E-state index < -0.39 is 0 Å². The fourth-order valence-electron chi connectivity index (χ4n) is 2.27. The highest BCUT2D eigenvalue weighted by molar-refractivity contribution is 5.41. The summed E-state index contributed by atoms with van der Waals surface area (Å²) in [7, 11) is 3.25. The second-order valence-electron chi connectivity index (χ2n) is 4.54. The average molecular weight is 272 g/mol. The van der Waals surface area contributed by atoms with Gasteiger partial charge in [-0.2, -0.15) is 0 Å². The molecule has 2 aromatic carbocycles. The van der Waals surface area contributed by atoms with Crippen molar-refractivity contribution in [2.24, 2.45) is 11.5 Å². The van der Waals surface area contributed by atoms with Gasteiger partial charge in [0.1, 0.15) is 11.5 Å². The first kappa shape index (κ1) is 14.4. The SMILES string of the molecule is COc1ccccc1C(N)C(N)c1ccccc1OC. The highest BCUT2D eigenvalue weighted by Crippen LogP contribution is 2.34. The van der Waals surface area contributed by atoms with Crippen LogP contribution in [0.2, 0.25) is 0 Å². The molecule has 0 spiro atoms. The minimum absolute atomic E-state index is 0.373. The van der Waals surface area contributed by atoms with Gasteiger partial charge in [-0.1, -0.05) is 36.4 Å². The Morgan fingerprint density at radius 1 is 0.700 bits per heavy atom. The number of nitrogens with two attached hydrogens (primary N) is 2. The van der Waals surface area contributed by atoms with Crippen LogP contribution in [0.25, 0.3) is 0 Å². The maximum Gasteiger partial charge on any atom is 0.123 e. The molecule has 0 aliphatic heterocycles. The number of hydrogen-bond donors (Lipinski definition) is 2. The molecule has 0 fully saturated rings. The number of hydrogen-bond acceptors (Lipinski definition) is 4. The van der Waals surface area contributed by atoms with Crippen molar-refractivity contribution in [3.8, 4) is 11.5 Å². The highest BCUT2D eigenvalue weighted by atomic mass is 16.5. The van der Waals surface area contributed by atoms with Crippen molar-refractivity contribution in [1.82, 2.24) is 0 Å². The molecule has 0 saturated heterocycles. The Kier molecular flexibility index (Phi) is 4.61. The van der Waals surface area contributed by atoms with Gasteiger partial charge in [0.05, 0.1) is 26.3 Å². The Labute approximate surface area is 119 Å². The van der Waals surface area contributed by atoms with Gasteiger partial charge in [-0.15, -0.1) is 0 Å². The molecular formula is C16H20N2O2. The maximum atomic E-state index is 6.31.